The van der Waals surface area contributed by atoms with E-state index in [1.165, 1.54) is 30.2 Å². The summed E-state index contributed by atoms with van der Waals surface area (Å²) in [4.78, 5) is 41.2. The second-order valence-corrected chi connectivity index (χ2v) is 8.22. The van der Waals surface area contributed by atoms with Gasteiger partial charge < -0.3 is 10.1 Å². The second-order valence-electron chi connectivity index (χ2n) is 8.22. The number of ether oxygens (including phenoxy) is 1. The van der Waals surface area contributed by atoms with Crippen LogP contribution < -0.4 is 10.6 Å². The highest BCUT2D eigenvalue weighted by atomic mass is 19.1. The van der Waals surface area contributed by atoms with Gasteiger partial charge in [0.05, 0.1) is 25.0 Å². The van der Waals surface area contributed by atoms with Crippen LogP contribution in [-0.4, -0.2) is 48.9 Å². The normalized spacial score (nSPS) is 28.9. The molecule has 2 aromatic rings. The van der Waals surface area contributed by atoms with Crippen molar-refractivity contribution in [2.24, 2.45) is 11.8 Å². The number of imide groups is 1. The topological polar surface area (TPSA) is 87.7 Å². The molecule has 2 aromatic carbocycles. The van der Waals surface area contributed by atoms with Crippen LogP contribution in [0.4, 0.5) is 10.1 Å². The number of hydrogen-bond donors (Lipinski definition) is 2. The number of carbonyl (C=O) groups excluding carboxylic acids is 3. The molecule has 7 nitrogen and oxygen atoms in total. The number of benzene rings is 2. The summed E-state index contributed by atoms with van der Waals surface area (Å²) in [5.41, 5.74) is 0.312. The Labute approximate surface area is 178 Å². The Balaban J connectivity index is 1.62. The van der Waals surface area contributed by atoms with Gasteiger partial charge in [-0.15, -0.1) is 0 Å². The van der Waals surface area contributed by atoms with Gasteiger partial charge in [0.25, 0.3) is 0 Å². The van der Waals surface area contributed by atoms with Crippen LogP contribution in [0.1, 0.15) is 11.1 Å². The fraction of sp³-hybridized carbons (Fsp3) is 0.348. The molecule has 3 aliphatic rings. The van der Waals surface area contributed by atoms with Gasteiger partial charge in [-0.25, -0.2) is 4.39 Å². The van der Waals surface area contributed by atoms with Crippen molar-refractivity contribution in [1.82, 2.24) is 10.2 Å². The van der Waals surface area contributed by atoms with Crippen LogP contribution in [0.3, 0.4) is 0 Å². The summed E-state index contributed by atoms with van der Waals surface area (Å²) in [7, 11) is 1.50. The summed E-state index contributed by atoms with van der Waals surface area (Å²) in [5.74, 6) is -3.38. The summed E-state index contributed by atoms with van der Waals surface area (Å²) in [6, 6.07) is 13.1. The van der Waals surface area contributed by atoms with Crippen molar-refractivity contribution in [3.05, 3.63) is 65.5 Å². The molecule has 1 spiro atoms. The number of nitrogens with zero attached hydrogens (tertiary/aromatic N) is 1. The Morgan fingerprint density at radius 1 is 1.10 bits per heavy atom. The maximum absolute atomic E-state index is 14.2. The first-order valence-corrected chi connectivity index (χ1v) is 10.2. The maximum atomic E-state index is 14.2. The fourth-order valence-corrected chi connectivity index (χ4v) is 5.28. The summed E-state index contributed by atoms with van der Waals surface area (Å²) < 4.78 is 19.2. The fourth-order valence-electron chi connectivity index (χ4n) is 5.28. The van der Waals surface area contributed by atoms with Crippen molar-refractivity contribution in [2.45, 2.75) is 18.0 Å². The molecule has 2 fully saturated rings. The Morgan fingerprint density at radius 2 is 1.87 bits per heavy atom. The predicted octanol–water partition coefficient (Wildman–Crippen LogP) is 1.44. The molecular formula is C23H22FN3O4. The van der Waals surface area contributed by atoms with E-state index in [0.29, 0.717) is 17.7 Å². The number of nitrogens with one attached hydrogen (secondary N) is 2. The van der Waals surface area contributed by atoms with Crippen LogP contribution in [0, 0.1) is 17.7 Å². The number of hydrogen-bond acceptors (Lipinski definition) is 5. The van der Waals surface area contributed by atoms with E-state index in [1.807, 2.05) is 30.3 Å². The standard InChI is InChI=1S/C23H22FN3O4/c1-31-10-9-27-20(28)18-17(11-13-5-3-2-4-6-13)26-23(19(18)21(27)29)15-12-14(24)7-8-16(15)25-22(23)30/h2-8,12,17-19,26H,9-11H2,1H3,(H,25,30)/t17?,18-,19+,23?/m1/s1. The number of rotatable bonds is 5. The zero-order chi connectivity index (χ0) is 21.8. The molecule has 0 aliphatic carbocycles. The Morgan fingerprint density at radius 3 is 2.61 bits per heavy atom. The third kappa shape index (κ3) is 2.82. The van der Waals surface area contributed by atoms with E-state index >= 15 is 0 Å². The monoisotopic (exact) mass is 423 g/mol. The van der Waals surface area contributed by atoms with Gasteiger partial charge in [0.2, 0.25) is 17.7 Å². The van der Waals surface area contributed by atoms with Crippen molar-refractivity contribution >= 4 is 23.4 Å². The number of anilines is 1. The van der Waals surface area contributed by atoms with E-state index in [0.717, 1.165) is 5.56 Å². The maximum Gasteiger partial charge on any atom is 0.250 e. The lowest BCUT2D eigenvalue weighted by Crippen LogP contribution is -2.53. The number of carbonyl (C=O) groups is 3. The third-order valence-electron chi connectivity index (χ3n) is 6.59. The van der Waals surface area contributed by atoms with E-state index in [9.17, 15) is 18.8 Å². The van der Waals surface area contributed by atoms with E-state index < -0.39 is 41.0 Å². The van der Waals surface area contributed by atoms with Crippen LogP contribution in [0.25, 0.3) is 0 Å². The van der Waals surface area contributed by atoms with Crippen LogP contribution in [0.2, 0.25) is 0 Å². The molecule has 31 heavy (non-hydrogen) atoms. The van der Waals surface area contributed by atoms with Crippen LogP contribution in [0.5, 0.6) is 0 Å². The summed E-state index contributed by atoms with van der Waals surface area (Å²) >= 11 is 0. The van der Waals surface area contributed by atoms with Gasteiger partial charge in [0.1, 0.15) is 11.4 Å². The molecule has 2 saturated heterocycles. The van der Waals surface area contributed by atoms with Gasteiger partial charge in [0.15, 0.2) is 0 Å². The number of methoxy groups -OCH3 is 1. The highest BCUT2D eigenvalue weighted by molar-refractivity contribution is 6.15. The Hall–Kier alpha value is -3.10. The van der Waals surface area contributed by atoms with Crippen LogP contribution in [-0.2, 0) is 31.1 Å². The van der Waals surface area contributed by atoms with Gasteiger partial charge in [-0.2, -0.15) is 0 Å². The first-order valence-electron chi connectivity index (χ1n) is 10.2. The molecule has 0 radical (unpaired) electrons. The molecule has 8 heteroatoms. The average molecular weight is 423 g/mol. The SMILES string of the molecule is COCCN1C(=O)[C@@H]2C(Cc3ccccc3)NC3(C(=O)Nc4ccc(F)cc43)[C@@H]2C1=O. The molecule has 3 amide bonds. The van der Waals surface area contributed by atoms with Gasteiger partial charge in [0, 0.05) is 24.4 Å². The van der Waals surface area contributed by atoms with Crippen molar-refractivity contribution in [3.8, 4) is 0 Å². The predicted molar refractivity (Wildman–Crippen MR) is 109 cm³/mol. The minimum absolute atomic E-state index is 0.118. The molecule has 0 aromatic heterocycles. The second kappa shape index (κ2) is 7.25. The highest BCUT2D eigenvalue weighted by Crippen LogP contribution is 2.53. The minimum Gasteiger partial charge on any atom is -0.383 e. The van der Waals surface area contributed by atoms with Crippen molar-refractivity contribution in [3.63, 3.8) is 0 Å². The van der Waals surface area contributed by atoms with E-state index in [4.69, 9.17) is 4.74 Å². The zero-order valence-corrected chi connectivity index (χ0v) is 16.9. The van der Waals surface area contributed by atoms with Gasteiger partial charge in [-0.05, 0) is 30.2 Å². The number of fused-ring (bicyclic) bond motifs is 4. The Kier molecular flexibility index (Phi) is 4.64. The molecule has 0 bridgehead atoms. The molecule has 5 rings (SSSR count). The first kappa shape index (κ1) is 19.8. The van der Waals surface area contributed by atoms with E-state index in [2.05, 4.69) is 10.6 Å². The van der Waals surface area contributed by atoms with E-state index in [1.54, 1.807) is 0 Å². The first-order chi connectivity index (χ1) is 15.0. The number of likely N-dealkylation sites (tertiary alicyclic amines) is 1. The summed E-state index contributed by atoms with van der Waals surface area (Å²) in [5, 5.41) is 6.08. The molecular weight excluding hydrogens is 401 g/mol. The quantitative estimate of drug-likeness (QED) is 0.711. The highest BCUT2D eigenvalue weighted by Gasteiger charge is 2.70. The van der Waals surface area contributed by atoms with E-state index in [-0.39, 0.29) is 19.1 Å². The van der Waals surface area contributed by atoms with Gasteiger partial charge in [-0.1, -0.05) is 30.3 Å². The third-order valence-corrected chi connectivity index (χ3v) is 6.59. The Bertz CT molecular complexity index is 1080. The molecule has 2 unspecified atom stereocenters. The lowest BCUT2D eigenvalue weighted by atomic mass is 9.76. The molecule has 2 N–H and O–H groups in total. The van der Waals surface area contributed by atoms with Gasteiger partial charge >= 0.3 is 0 Å². The largest absolute Gasteiger partial charge is 0.383 e. The number of amides is 3. The van der Waals surface area contributed by atoms with Crippen molar-refractivity contribution in [2.75, 3.05) is 25.6 Å². The molecule has 160 valence electrons. The van der Waals surface area contributed by atoms with Gasteiger partial charge in [-0.3, -0.25) is 24.6 Å². The summed E-state index contributed by atoms with van der Waals surface area (Å²) in [6.45, 7) is 0.324. The van der Waals surface area contributed by atoms with Crippen LogP contribution in [0.15, 0.2) is 48.5 Å². The minimum atomic E-state index is -1.49. The van der Waals surface area contributed by atoms with Crippen molar-refractivity contribution < 1.29 is 23.5 Å². The lowest BCUT2D eigenvalue weighted by Gasteiger charge is -2.29. The average Bonchev–Trinajstić information content (AvgIpc) is 3.33. The smallest absolute Gasteiger partial charge is 0.250 e. The van der Waals surface area contributed by atoms with Crippen LogP contribution >= 0.6 is 0 Å². The molecule has 0 saturated carbocycles. The van der Waals surface area contributed by atoms with Crippen molar-refractivity contribution in [1.29, 1.82) is 0 Å². The summed E-state index contributed by atoms with van der Waals surface area (Å²) in [6.07, 6.45) is 0.457. The number of halogens is 1. The zero-order valence-electron chi connectivity index (χ0n) is 16.9. The molecule has 3 aliphatic heterocycles. The molecule has 4 atom stereocenters. The lowest BCUT2D eigenvalue weighted by molar-refractivity contribution is -0.143. The molecule has 3 heterocycles.